The molecule has 0 saturated carbocycles. The van der Waals surface area contributed by atoms with Crippen LogP contribution in [0.5, 0.6) is 5.75 Å². The van der Waals surface area contributed by atoms with Crippen molar-refractivity contribution in [1.82, 2.24) is 18.9 Å². The van der Waals surface area contributed by atoms with Crippen LogP contribution in [0.2, 0.25) is 0 Å². The zero-order chi connectivity index (χ0) is 25.5. The smallest absolute Gasteiger partial charge is 0.261 e. The number of aromatic nitrogens is 3. The van der Waals surface area contributed by atoms with E-state index in [-0.39, 0.29) is 11.3 Å². The number of hydrogen-bond acceptors (Lipinski definition) is 4. The molecule has 186 valence electrons. The first kappa shape index (κ1) is 23.3. The largest absolute Gasteiger partial charge is 0.504 e. The minimum absolute atomic E-state index is 0.0193. The van der Waals surface area contributed by atoms with Crippen LogP contribution < -0.4 is 5.56 Å². The van der Waals surface area contributed by atoms with Crippen LogP contribution in [0, 0.1) is 13.8 Å². The van der Waals surface area contributed by atoms with Gasteiger partial charge in [0.05, 0.1) is 5.52 Å². The summed E-state index contributed by atoms with van der Waals surface area (Å²) in [4.78, 5) is 20.1. The third-order valence-electron chi connectivity index (χ3n) is 7.45. The van der Waals surface area contributed by atoms with Crippen molar-refractivity contribution in [3.63, 3.8) is 0 Å². The Morgan fingerprint density at radius 2 is 1.89 bits per heavy atom. The lowest BCUT2D eigenvalue weighted by molar-refractivity contribution is 0.256. The van der Waals surface area contributed by atoms with E-state index < -0.39 is 0 Å². The summed E-state index contributed by atoms with van der Waals surface area (Å²) in [6, 6.07) is 20.3. The molecule has 6 rings (SSSR count). The second-order valence-electron chi connectivity index (χ2n) is 9.89. The summed E-state index contributed by atoms with van der Waals surface area (Å²) in [5.74, 6) is 0.0193. The van der Waals surface area contributed by atoms with Crippen LogP contribution in [0.3, 0.4) is 0 Å². The molecule has 1 aliphatic rings. The predicted molar refractivity (Wildman–Crippen MR) is 149 cm³/mol. The van der Waals surface area contributed by atoms with E-state index in [1.807, 2.05) is 13.0 Å². The third-order valence-corrected chi connectivity index (χ3v) is 7.45. The average Bonchev–Trinajstić information content (AvgIpc) is 3.20. The molecule has 5 aromatic rings. The number of aromatic hydroxyl groups is 1. The lowest BCUT2D eigenvalue weighted by Gasteiger charge is -2.28. The maximum Gasteiger partial charge on any atom is 0.261 e. The Kier molecular flexibility index (Phi) is 5.89. The van der Waals surface area contributed by atoms with E-state index in [1.54, 1.807) is 18.3 Å². The quantitative estimate of drug-likeness (QED) is 0.368. The highest BCUT2D eigenvalue weighted by Gasteiger charge is 2.24. The molecule has 0 bridgehead atoms. The molecule has 1 aliphatic heterocycles. The van der Waals surface area contributed by atoms with Crippen LogP contribution >= 0.6 is 0 Å². The number of aryl methyl sites for hydroxylation is 2. The van der Waals surface area contributed by atoms with Crippen molar-refractivity contribution < 1.29 is 5.11 Å². The number of pyridine rings is 1. The summed E-state index contributed by atoms with van der Waals surface area (Å²) in [7, 11) is 0. The Bertz CT molecular complexity index is 1710. The van der Waals surface area contributed by atoms with Crippen molar-refractivity contribution in [3.8, 4) is 5.75 Å². The van der Waals surface area contributed by atoms with Gasteiger partial charge in [0, 0.05) is 60.8 Å². The van der Waals surface area contributed by atoms with Crippen LogP contribution in [-0.4, -0.2) is 37.0 Å². The molecule has 3 aromatic heterocycles. The first-order chi connectivity index (χ1) is 18.0. The summed E-state index contributed by atoms with van der Waals surface area (Å²) in [6.07, 6.45) is 7.61. The summed E-state index contributed by atoms with van der Waals surface area (Å²) in [5.41, 5.74) is 8.00. The highest BCUT2D eigenvalue weighted by atomic mass is 16.3. The molecule has 0 saturated heterocycles. The molecule has 6 nitrogen and oxygen atoms in total. The number of fused-ring (bicyclic) bond motifs is 4. The lowest BCUT2D eigenvalue weighted by Crippen LogP contribution is -2.34. The third kappa shape index (κ3) is 4.23. The van der Waals surface area contributed by atoms with E-state index in [4.69, 9.17) is 0 Å². The monoisotopic (exact) mass is 490 g/mol. The van der Waals surface area contributed by atoms with Gasteiger partial charge >= 0.3 is 0 Å². The second-order valence-corrected chi connectivity index (χ2v) is 9.89. The number of benzene rings is 2. The number of hydrogen-bond donors (Lipinski definition) is 1. The van der Waals surface area contributed by atoms with E-state index in [9.17, 15) is 9.90 Å². The van der Waals surface area contributed by atoms with Crippen LogP contribution in [0.1, 0.15) is 33.6 Å². The maximum atomic E-state index is 13.2. The molecule has 37 heavy (non-hydrogen) atoms. The van der Waals surface area contributed by atoms with Crippen molar-refractivity contribution in [2.75, 3.05) is 13.1 Å². The second kappa shape index (κ2) is 9.37. The van der Waals surface area contributed by atoms with E-state index >= 15 is 0 Å². The average molecular weight is 491 g/mol. The molecule has 0 atom stereocenters. The van der Waals surface area contributed by atoms with Gasteiger partial charge in [0.15, 0.2) is 11.4 Å². The Morgan fingerprint density at radius 1 is 1.05 bits per heavy atom. The zero-order valence-electron chi connectivity index (χ0n) is 21.2. The fourth-order valence-electron chi connectivity index (χ4n) is 5.50. The molecule has 6 heteroatoms. The number of rotatable bonds is 5. The Hall–Kier alpha value is -4.16. The topological polar surface area (TPSA) is 62.8 Å². The molecule has 4 heterocycles. The van der Waals surface area contributed by atoms with Crippen LogP contribution in [0.4, 0.5) is 0 Å². The molecule has 0 amide bonds. The fraction of sp³-hybridized carbons (Fsp3) is 0.226. The fourth-order valence-corrected chi connectivity index (χ4v) is 5.50. The molecular weight excluding hydrogens is 460 g/mol. The highest BCUT2D eigenvalue weighted by molar-refractivity contribution is 5.89. The van der Waals surface area contributed by atoms with Crippen LogP contribution in [0.25, 0.3) is 28.8 Å². The van der Waals surface area contributed by atoms with E-state index in [0.717, 1.165) is 26.1 Å². The van der Waals surface area contributed by atoms with Gasteiger partial charge in [-0.25, -0.2) is 4.98 Å². The van der Waals surface area contributed by atoms with Gasteiger partial charge in [0.2, 0.25) is 0 Å². The van der Waals surface area contributed by atoms with Gasteiger partial charge in [-0.05, 0) is 61.7 Å². The molecule has 0 fully saturated rings. The van der Waals surface area contributed by atoms with E-state index in [1.165, 1.54) is 37.7 Å². The first-order valence-corrected chi connectivity index (χ1v) is 12.8. The normalized spacial score (nSPS) is 14.1. The van der Waals surface area contributed by atoms with Gasteiger partial charge < -0.3 is 9.67 Å². The van der Waals surface area contributed by atoms with E-state index in [2.05, 4.69) is 76.1 Å². The van der Waals surface area contributed by atoms with E-state index in [0.29, 0.717) is 23.3 Å². The minimum atomic E-state index is -0.102. The highest BCUT2D eigenvalue weighted by Crippen LogP contribution is 2.32. The minimum Gasteiger partial charge on any atom is -0.504 e. The van der Waals surface area contributed by atoms with Crippen molar-refractivity contribution in [2.24, 2.45) is 0 Å². The molecule has 2 aromatic carbocycles. The molecular formula is C31H30N4O2. The molecule has 0 radical (unpaired) electrons. The van der Waals surface area contributed by atoms with Gasteiger partial charge in [-0.2, -0.15) is 0 Å². The van der Waals surface area contributed by atoms with Crippen LogP contribution in [0.15, 0.2) is 71.7 Å². The van der Waals surface area contributed by atoms with Gasteiger partial charge in [-0.15, -0.1) is 0 Å². The summed E-state index contributed by atoms with van der Waals surface area (Å²) >= 11 is 0. The molecule has 0 unspecified atom stereocenters. The summed E-state index contributed by atoms with van der Waals surface area (Å²) < 4.78 is 3.80. The Morgan fingerprint density at radius 3 is 2.73 bits per heavy atom. The molecule has 0 spiro atoms. The SMILES string of the molecule is Cc1ccc2c(c1)c1c(n2C=Cc2ccccc2)CCN(CCc2c(C)nc3c(O)cccn3c2=O)C1. The lowest BCUT2D eigenvalue weighted by atomic mass is 10.0. The van der Waals surface area contributed by atoms with Crippen molar-refractivity contribution >= 4 is 28.8 Å². The first-order valence-electron chi connectivity index (χ1n) is 12.8. The van der Waals surface area contributed by atoms with Crippen molar-refractivity contribution in [1.29, 1.82) is 0 Å². The van der Waals surface area contributed by atoms with Gasteiger partial charge in [0.25, 0.3) is 5.56 Å². The van der Waals surface area contributed by atoms with Crippen LogP contribution in [-0.2, 0) is 19.4 Å². The van der Waals surface area contributed by atoms with Gasteiger partial charge in [0.1, 0.15) is 0 Å². The molecule has 1 N–H and O–H groups in total. The molecule has 0 aliphatic carbocycles. The van der Waals surface area contributed by atoms with Crippen molar-refractivity contribution in [2.45, 2.75) is 33.2 Å². The zero-order valence-corrected chi connectivity index (χ0v) is 21.2. The summed E-state index contributed by atoms with van der Waals surface area (Å²) in [6.45, 7) is 6.56. The standard InChI is InChI=1S/C31H30N4O2/c1-21-10-11-27-25(19-21)26-20-33(17-14-28(26)34(27)18-12-23-7-4-3-5-8-23)16-13-24-22(2)32-30-29(36)9-6-15-35(30)31(24)37/h3-12,15,18-19,36H,13-14,16-17,20H2,1-2H3. The number of nitrogens with zero attached hydrogens (tertiary/aromatic N) is 4. The van der Waals surface area contributed by atoms with Gasteiger partial charge in [-0.1, -0.05) is 42.0 Å². The maximum absolute atomic E-state index is 13.2. The Labute approximate surface area is 215 Å². The predicted octanol–water partition coefficient (Wildman–Crippen LogP) is 5.20. The Balaban J connectivity index is 1.30. The summed E-state index contributed by atoms with van der Waals surface area (Å²) in [5, 5.41) is 11.4. The van der Waals surface area contributed by atoms with Crippen molar-refractivity contribution in [3.05, 3.63) is 111 Å². The van der Waals surface area contributed by atoms with Gasteiger partial charge in [-0.3, -0.25) is 14.1 Å².